The molecule has 3 atom stereocenters. The molecule has 3 aromatic rings. The first-order valence-electron chi connectivity index (χ1n) is 11.3. The molecule has 0 aromatic heterocycles. The van der Waals surface area contributed by atoms with Crippen molar-refractivity contribution in [1.29, 1.82) is 0 Å². The van der Waals surface area contributed by atoms with E-state index >= 15 is 0 Å². The maximum Gasteiger partial charge on any atom is 0.325 e. The fraction of sp³-hybridized carbons (Fsp3) is 0.259. The smallest absolute Gasteiger partial charge is 0.325 e. The van der Waals surface area contributed by atoms with Gasteiger partial charge in [0.05, 0.1) is 13.2 Å². The first kappa shape index (κ1) is 23.1. The summed E-state index contributed by atoms with van der Waals surface area (Å²) < 4.78 is 12.1. The number of urea groups is 1. The summed E-state index contributed by atoms with van der Waals surface area (Å²) in [5.41, 5.74) is 2.65. The number of anilines is 2. The standard InChI is InChI=1S/C27H26ClN3O4/c1-15-8-13-20(16(2)14-15)29-25(32)22-23-19-6-5-7-21(34-4)24(19)35-27(22,3)31(26(33)30-23)18-11-9-17(28)10-12-18/h5-14,22-23H,1-4H3,(H,29,32)(H,30,33)/t22-,23-,27-/m0/s1. The molecule has 0 spiro atoms. The number of nitrogens with one attached hydrogen (secondary N) is 2. The van der Waals surface area contributed by atoms with Crippen molar-refractivity contribution in [1.82, 2.24) is 5.32 Å². The second kappa shape index (κ2) is 8.50. The SMILES string of the molecule is COc1cccc2c1O[C@@]1(C)[C@H](C(=O)Nc3ccc(C)cc3C)[C@H]2NC(=O)N1c1ccc(Cl)cc1. The molecule has 35 heavy (non-hydrogen) atoms. The average molecular weight is 492 g/mol. The van der Waals surface area contributed by atoms with E-state index in [2.05, 4.69) is 10.6 Å². The van der Waals surface area contributed by atoms with Crippen LogP contribution in [0.1, 0.15) is 29.7 Å². The monoisotopic (exact) mass is 491 g/mol. The van der Waals surface area contributed by atoms with E-state index in [1.54, 1.807) is 44.4 Å². The van der Waals surface area contributed by atoms with Gasteiger partial charge in [0.25, 0.3) is 0 Å². The Labute approximate surface area is 209 Å². The quantitative estimate of drug-likeness (QED) is 0.498. The van der Waals surface area contributed by atoms with Crippen molar-refractivity contribution in [3.05, 3.63) is 82.4 Å². The van der Waals surface area contributed by atoms with Crippen LogP contribution in [0.15, 0.2) is 60.7 Å². The number of methoxy groups -OCH3 is 1. The van der Waals surface area contributed by atoms with Crippen LogP contribution in [0, 0.1) is 19.8 Å². The summed E-state index contributed by atoms with van der Waals surface area (Å²) in [6.45, 7) is 5.71. The number of carbonyl (C=O) groups excluding carboxylic acids is 2. The average Bonchev–Trinajstić information content (AvgIpc) is 2.81. The summed E-state index contributed by atoms with van der Waals surface area (Å²) in [4.78, 5) is 28.8. The van der Waals surface area contributed by atoms with E-state index in [1.165, 1.54) is 4.90 Å². The first-order chi connectivity index (χ1) is 16.7. The number of hydrogen-bond acceptors (Lipinski definition) is 4. The Balaban J connectivity index is 1.64. The van der Waals surface area contributed by atoms with Crippen molar-refractivity contribution in [3.8, 4) is 11.5 Å². The highest BCUT2D eigenvalue weighted by Gasteiger charge is 2.60. The normalized spacial score (nSPS) is 22.5. The van der Waals surface area contributed by atoms with Crippen LogP contribution < -0.4 is 25.0 Å². The van der Waals surface area contributed by atoms with Gasteiger partial charge in [-0.05, 0) is 62.7 Å². The molecule has 2 aliphatic rings. The van der Waals surface area contributed by atoms with Gasteiger partial charge in [-0.3, -0.25) is 9.69 Å². The molecule has 1 saturated heterocycles. The summed E-state index contributed by atoms with van der Waals surface area (Å²) in [7, 11) is 1.56. The molecule has 0 saturated carbocycles. The summed E-state index contributed by atoms with van der Waals surface area (Å²) >= 11 is 6.10. The fourth-order valence-electron chi connectivity index (χ4n) is 5.07. The van der Waals surface area contributed by atoms with Crippen LogP contribution in [0.3, 0.4) is 0 Å². The highest BCUT2D eigenvalue weighted by atomic mass is 35.5. The second-order valence-corrected chi connectivity index (χ2v) is 9.50. The van der Waals surface area contributed by atoms with Crippen LogP contribution >= 0.6 is 11.6 Å². The molecule has 8 heteroatoms. The topological polar surface area (TPSA) is 79.9 Å². The predicted octanol–water partition coefficient (Wildman–Crippen LogP) is 5.60. The molecule has 2 heterocycles. The lowest BCUT2D eigenvalue weighted by Crippen LogP contribution is -2.72. The summed E-state index contributed by atoms with van der Waals surface area (Å²) in [6.07, 6.45) is 0. The number of benzene rings is 3. The number of nitrogens with zero attached hydrogens (tertiary/aromatic N) is 1. The Morgan fingerprint density at radius 3 is 2.57 bits per heavy atom. The van der Waals surface area contributed by atoms with E-state index in [0.29, 0.717) is 33.5 Å². The zero-order valence-corrected chi connectivity index (χ0v) is 20.6. The van der Waals surface area contributed by atoms with Gasteiger partial charge in [-0.2, -0.15) is 0 Å². The van der Waals surface area contributed by atoms with Crippen LogP contribution in [0.25, 0.3) is 0 Å². The Hall–Kier alpha value is -3.71. The molecule has 2 bridgehead atoms. The molecular weight excluding hydrogens is 466 g/mol. The predicted molar refractivity (Wildman–Crippen MR) is 135 cm³/mol. The molecule has 5 rings (SSSR count). The minimum absolute atomic E-state index is 0.267. The van der Waals surface area contributed by atoms with E-state index in [-0.39, 0.29) is 11.9 Å². The van der Waals surface area contributed by atoms with Crippen LogP contribution in [-0.4, -0.2) is 24.8 Å². The van der Waals surface area contributed by atoms with Crippen molar-refractivity contribution in [2.24, 2.45) is 5.92 Å². The molecular formula is C27H26ClN3O4. The number of fused-ring (bicyclic) bond motifs is 4. The van der Waals surface area contributed by atoms with Gasteiger partial charge in [0.15, 0.2) is 11.5 Å². The first-order valence-corrected chi connectivity index (χ1v) is 11.7. The van der Waals surface area contributed by atoms with E-state index in [4.69, 9.17) is 21.1 Å². The molecule has 1 fully saturated rings. The molecule has 0 aliphatic carbocycles. The van der Waals surface area contributed by atoms with Crippen molar-refractivity contribution < 1.29 is 19.1 Å². The fourth-order valence-corrected chi connectivity index (χ4v) is 5.20. The largest absolute Gasteiger partial charge is 0.493 e. The minimum Gasteiger partial charge on any atom is -0.493 e. The molecule has 0 radical (unpaired) electrons. The molecule has 180 valence electrons. The van der Waals surface area contributed by atoms with Crippen LogP contribution in [0.2, 0.25) is 5.02 Å². The van der Waals surface area contributed by atoms with Gasteiger partial charge in [-0.15, -0.1) is 0 Å². The molecule has 3 amide bonds. The molecule has 2 N–H and O–H groups in total. The number of para-hydroxylation sites is 1. The lowest BCUT2D eigenvalue weighted by molar-refractivity contribution is -0.131. The summed E-state index contributed by atoms with van der Waals surface area (Å²) in [5, 5.41) is 6.65. The van der Waals surface area contributed by atoms with Crippen LogP contribution in [-0.2, 0) is 4.79 Å². The van der Waals surface area contributed by atoms with Crippen LogP contribution in [0.4, 0.5) is 16.2 Å². The van der Waals surface area contributed by atoms with Crippen molar-refractivity contribution in [2.45, 2.75) is 32.5 Å². The van der Waals surface area contributed by atoms with Crippen LogP contribution in [0.5, 0.6) is 11.5 Å². The third-order valence-electron chi connectivity index (χ3n) is 6.72. The Morgan fingerprint density at radius 2 is 1.89 bits per heavy atom. The van der Waals surface area contributed by atoms with E-state index < -0.39 is 17.7 Å². The minimum atomic E-state index is -1.36. The molecule has 7 nitrogen and oxygen atoms in total. The highest BCUT2D eigenvalue weighted by molar-refractivity contribution is 6.30. The van der Waals surface area contributed by atoms with E-state index in [9.17, 15) is 9.59 Å². The van der Waals surface area contributed by atoms with E-state index in [1.807, 2.05) is 44.2 Å². The summed E-state index contributed by atoms with van der Waals surface area (Å²) in [6, 6.07) is 17.2. The van der Waals surface area contributed by atoms with Gasteiger partial charge < -0.3 is 20.1 Å². The zero-order chi connectivity index (χ0) is 24.9. The number of rotatable bonds is 4. The second-order valence-electron chi connectivity index (χ2n) is 9.06. The number of halogens is 1. The van der Waals surface area contributed by atoms with Crippen molar-refractivity contribution >= 4 is 34.9 Å². The summed E-state index contributed by atoms with van der Waals surface area (Å²) in [5.74, 6) is -0.0238. The maximum atomic E-state index is 13.9. The van der Waals surface area contributed by atoms with Crippen molar-refractivity contribution in [2.75, 3.05) is 17.3 Å². The molecule has 3 aromatic carbocycles. The Morgan fingerprint density at radius 1 is 1.14 bits per heavy atom. The highest BCUT2D eigenvalue weighted by Crippen LogP contribution is 2.52. The third kappa shape index (κ3) is 3.76. The Bertz CT molecular complexity index is 1330. The van der Waals surface area contributed by atoms with E-state index in [0.717, 1.165) is 11.1 Å². The lowest BCUT2D eigenvalue weighted by Gasteiger charge is -2.54. The lowest BCUT2D eigenvalue weighted by atomic mass is 9.78. The maximum absolute atomic E-state index is 13.9. The number of aryl methyl sites for hydroxylation is 2. The van der Waals surface area contributed by atoms with Crippen molar-refractivity contribution in [3.63, 3.8) is 0 Å². The van der Waals surface area contributed by atoms with Gasteiger partial charge in [0.2, 0.25) is 11.6 Å². The van der Waals surface area contributed by atoms with Gasteiger partial charge in [0.1, 0.15) is 5.92 Å². The van der Waals surface area contributed by atoms with Gasteiger partial charge >= 0.3 is 6.03 Å². The number of ether oxygens (including phenoxy) is 2. The zero-order valence-electron chi connectivity index (χ0n) is 19.9. The number of carbonyl (C=O) groups is 2. The number of amides is 3. The molecule has 0 unspecified atom stereocenters. The van der Waals surface area contributed by atoms with Gasteiger partial charge in [0, 0.05) is 22.0 Å². The van der Waals surface area contributed by atoms with Gasteiger partial charge in [-0.1, -0.05) is 41.4 Å². The molecule has 2 aliphatic heterocycles. The Kier molecular flexibility index (Phi) is 5.60. The van der Waals surface area contributed by atoms with Gasteiger partial charge in [-0.25, -0.2) is 4.79 Å². The third-order valence-corrected chi connectivity index (χ3v) is 6.97. The number of hydrogen-bond donors (Lipinski definition) is 2.